The van der Waals surface area contributed by atoms with Gasteiger partial charge in [0, 0.05) is 7.79 Å². The van der Waals surface area contributed by atoms with Gasteiger partial charge in [0.05, 0.1) is 6.61 Å². The van der Waals surface area contributed by atoms with Crippen LogP contribution in [0.5, 0.6) is 0 Å². The predicted octanol–water partition coefficient (Wildman–Crippen LogP) is 3.59. The van der Waals surface area contributed by atoms with E-state index in [1.54, 1.807) is 0 Å². The summed E-state index contributed by atoms with van der Waals surface area (Å²) >= 11 is 0. The number of esters is 1. The van der Waals surface area contributed by atoms with Crippen molar-refractivity contribution in [3.05, 3.63) is 0 Å². The first kappa shape index (κ1) is 26.5. The van der Waals surface area contributed by atoms with Crippen molar-refractivity contribution in [2.45, 2.75) is 140 Å². The van der Waals surface area contributed by atoms with Crippen molar-refractivity contribution in [1.82, 2.24) is 0 Å². The highest BCUT2D eigenvalue weighted by Gasteiger charge is 2.45. The molecule has 1 unspecified atom stereocenters. The number of hydrogen-bond acceptors (Lipinski definition) is 7. The van der Waals surface area contributed by atoms with Crippen molar-refractivity contribution < 1.29 is 36.1 Å². The fourth-order valence-corrected chi connectivity index (χ4v) is 3.92. The summed E-state index contributed by atoms with van der Waals surface area (Å²) in [6, 6.07) is 0. The largest absolute Gasteiger partial charge is 0.433 e. The van der Waals surface area contributed by atoms with Gasteiger partial charge in [0.2, 0.25) is 6.29 Å². The third-order valence-electron chi connectivity index (χ3n) is 5.98. The quantitative estimate of drug-likeness (QED) is 0.187. The molecule has 1 rings (SSSR count). The van der Waals surface area contributed by atoms with Crippen molar-refractivity contribution in [1.29, 1.82) is 0 Å². The van der Waals surface area contributed by atoms with Crippen LogP contribution in [0.2, 0.25) is 0 Å². The Kier molecular flexibility index (Phi) is 15.2. The molecule has 0 amide bonds. The minimum absolute atomic E-state index is 0.206. The summed E-state index contributed by atoms with van der Waals surface area (Å²) in [6.45, 7) is 0.0188. The lowest BCUT2D eigenvalue weighted by Crippen LogP contribution is -2.59. The lowest BCUT2D eigenvalue weighted by molar-refractivity contribution is -0.292. The van der Waals surface area contributed by atoms with E-state index in [0.717, 1.165) is 25.7 Å². The number of aliphatic hydroxyl groups is 4. The van der Waals surface area contributed by atoms with E-state index in [2.05, 4.69) is 0 Å². The van der Waals surface area contributed by atoms with Crippen molar-refractivity contribution in [2.75, 3.05) is 6.61 Å². The monoisotopic (exact) mass is 447 g/mol. The van der Waals surface area contributed by atoms with Gasteiger partial charge in [-0.15, -0.1) is 0 Å². The molecule has 0 aromatic carbocycles. The van der Waals surface area contributed by atoms with Gasteiger partial charge in [-0.2, -0.15) is 0 Å². The van der Waals surface area contributed by atoms with E-state index in [1.807, 2.05) is 0 Å². The molecule has 31 heavy (non-hydrogen) atoms. The zero-order valence-electron chi connectivity index (χ0n) is 20.1. The number of rotatable bonds is 18. The van der Waals surface area contributed by atoms with Gasteiger partial charge in [-0.05, 0) is 6.42 Å². The second kappa shape index (κ2) is 17.8. The van der Waals surface area contributed by atoms with E-state index in [9.17, 15) is 20.1 Å². The van der Waals surface area contributed by atoms with E-state index < -0.39 is 43.3 Å². The van der Waals surface area contributed by atoms with Crippen molar-refractivity contribution >= 4 is 5.97 Å². The van der Waals surface area contributed by atoms with Crippen LogP contribution >= 0.6 is 0 Å². The molecule has 1 heterocycles. The van der Waals surface area contributed by atoms with Gasteiger partial charge in [0.15, 0.2) is 0 Å². The van der Waals surface area contributed by atoms with Crippen LogP contribution in [0.1, 0.15) is 111 Å². The molecule has 0 aromatic heterocycles. The van der Waals surface area contributed by atoms with Crippen LogP contribution in [0.25, 0.3) is 0 Å². The Morgan fingerprint density at radius 2 is 1.26 bits per heavy atom. The molecule has 0 saturated carbocycles. The lowest BCUT2D eigenvalue weighted by atomic mass is 9.99. The number of aliphatic hydroxyl groups excluding tert-OH is 4. The predicted molar refractivity (Wildman–Crippen MR) is 119 cm³/mol. The number of hydrogen-bond donors (Lipinski definition) is 4. The molecule has 0 bridgehead atoms. The minimum atomic E-state index is -1.55. The molecule has 184 valence electrons. The minimum Gasteiger partial charge on any atom is -0.433 e. The Labute approximate surface area is 189 Å². The van der Waals surface area contributed by atoms with Gasteiger partial charge in [0.1, 0.15) is 24.4 Å². The standard InChI is InChI=1S/C24H46O7/c1-2-3-4-5-6-7-8-9-10-11-12-13-14-15-16-17-20(26)31-24-23(29)22(28)21(27)19(18-25)30-24/h19,21-25,27-29H,2-18H2,1H3/t19-,21-,22+,23-,24?/m1/s1/i1D. The zero-order valence-corrected chi connectivity index (χ0v) is 19.1. The SMILES string of the molecule is [2H]CCCCCCCCCCCCCCCCCC(=O)OC1O[C@H](CO)[C@@H](O)[C@H](O)[C@H]1O. The van der Waals surface area contributed by atoms with Crippen molar-refractivity contribution in [3.8, 4) is 0 Å². The van der Waals surface area contributed by atoms with Gasteiger partial charge in [-0.1, -0.05) is 96.8 Å². The van der Waals surface area contributed by atoms with E-state index in [4.69, 9.17) is 16.0 Å². The third kappa shape index (κ3) is 12.2. The normalized spacial score (nSPS) is 26.6. The highest BCUT2D eigenvalue weighted by atomic mass is 16.7. The number of ether oxygens (including phenoxy) is 2. The lowest BCUT2D eigenvalue weighted by Gasteiger charge is -2.39. The molecular formula is C24H46O7. The average Bonchev–Trinajstić information content (AvgIpc) is 2.79. The molecule has 0 spiro atoms. The smallest absolute Gasteiger partial charge is 0.308 e. The van der Waals surface area contributed by atoms with E-state index in [-0.39, 0.29) is 6.42 Å². The van der Waals surface area contributed by atoms with E-state index in [1.165, 1.54) is 64.2 Å². The van der Waals surface area contributed by atoms with Gasteiger partial charge in [0.25, 0.3) is 0 Å². The zero-order chi connectivity index (χ0) is 23.6. The molecule has 0 aromatic rings. The van der Waals surface area contributed by atoms with Crippen LogP contribution in [0.15, 0.2) is 0 Å². The van der Waals surface area contributed by atoms with Crippen molar-refractivity contribution in [2.24, 2.45) is 0 Å². The molecule has 7 nitrogen and oxygen atoms in total. The molecule has 1 saturated heterocycles. The topological polar surface area (TPSA) is 116 Å². The second-order valence-corrected chi connectivity index (χ2v) is 8.74. The molecule has 5 atom stereocenters. The van der Waals surface area contributed by atoms with E-state index >= 15 is 0 Å². The van der Waals surface area contributed by atoms with Gasteiger partial charge >= 0.3 is 5.97 Å². The van der Waals surface area contributed by atoms with Crippen LogP contribution in [-0.4, -0.2) is 63.7 Å². The molecule has 1 aliphatic heterocycles. The Hall–Kier alpha value is -0.730. The van der Waals surface area contributed by atoms with Crippen LogP contribution in [0, 0.1) is 0 Å². The van der Waals surface area contributed by atoms with Gasteiger partial charge < -0.3 is 29.9 Å². The summed E-state index contributed by atoms with van der Waals surface area (Å²) < 4.78 is 17.4. The first-order chi connectivity index (χ1) is 15.5. The fraction of sp³-hybridized carbons (Fsp3) is 0.958. The van der Waals surface area contributed by atoms with Gasteiger partial charge in [-0.3, -0.25) is 4.79 Å². The van der Waals surface area contributed by atoms with Crippen LogP contribution in [0.3, 0.4) is 0 Å². The number of carbonyl (C=O) groups excluding carboxylic acids is 1. The van der Waals surface area contributed by atoms with Crippen LogP contribution < -0.4 is 0 Å². The summed E-state index contributed by atoms with van der Waals surface area (Å²) in [6.07, 6.45) is 11.0. The molecule has 0 aliphatic carbocycles. The van der Waals surface area contributed by atoms with E-state index in [0.29, 0.717) is 13.3 Å². The third-order valence-corrected chi connectivity index (χ3v) is 5.98. The Bertz CT molecular complexity index is 464. The number of unbranched alkanes of at least 4 members (excludes halogenated alkanes) is 14. The first-order valence-corrected chi connectivity index (χ1v) is 12.3. The summed E-state index contributed by atoms with van der Waals surface area (Å²) in [7, 11) is 0. The van der Waals surface area contributed by atoms with Crippen LogP contribution in [0.4, 0.5) is 0 Å². The molecule has 1 aliphatic rings. The maximum absolute atomic E-state index is 12.0. The highest BCUT2D eigenvalue weighted by Crippen LogP contribution is 2.22. The average molecular weight is 448 g/mol. The summed E-state index contributed by atoms with van der Waals surface area (Å²) in [5, 5.41) is 38.5. The summed E-state index contributed by atoms with van der Waals surface area (Å²) in [5.41, 5.74) is 0. The Morgan fingerprint density at radius 1 is 0.774 bits per heavy atom. The summed E-state index contributed by atoms with van der Waals surface area (Å²) in [5.74, 6) is -0.522. The fourth-order valence-electron chi connectivity index (χ4n) is 3.92. The maximum atomic E-state index is 12.0. The highest BCUT2D eigenvalue weighted by molar-refractivity contribution is 5.69. The maximum Gasteiger partial charge on any atom is 0.308 e. The molecule has 4 N–H and O–H groups in total. The Balaban J connectivity index is 1.92. The molecular weight excluding hydrogens is 400 g/mol. The van der Waals surface area contributed by atoms with Crippen molar-refractivity contribution in [3.63, 3.8) is 0 Å². The number of carbonyl (C=O) groups is 1. The first-order valence-electron chi connectivity index (χ1n) is 13.0. The van der Waals surface area contributed by atoms with Crippen LogP contribution in [-0.2, 0) is 14.3 Å². The summed E-state index contributed by atoms with van der Waals surface area (Å²) in [4.78, 5) is 12.0. The molecule has 0 radical (unpaired) electrons. The molecule has 1 fully saturated rings. The second-order valence-electron chi connectivity index (χ2n) is 8.74. The molecule has 7 heteroatoms. The Morgan fingerprint density at radius 3 is 1.74 bits per heavy atom. The van der Waals surface area contributed by atoms with Gasteiger partial charge in [-0.25, -0.2) is 0 Å².